The fraction of sp³-hybridized carbons (Fsp3) is 0.667. The minimum Gasteiger partial charge on any atom is -0.436 e. The number of methoxy groups -OCH3 is 1. The van der Waals surface area contributed by atoms with Gasteiger partial charge in [0.2, 0.25) is 0 Å². The highest BCUT2D eigenvalue weighted by atomic mass is 17.0. The molecule has 0 aliphatic heterocycles. The van der Waals surface area contributed by atoms with Crippen molar-refractivity contribution in [2.45, 2.75) is 0 Å². The third-order valence-electron chi connectivity index (χ3n) is 0.375. The lowest BCUT2D eigenvalue weighted by Gasteiger charge is -1.98. The molecule has 48 valence electrons. The van der Waals surface area contributed by atoms with Gasteiger partial charge in [-0.2, -0.15) is 0 Å². The Labute approximate surface area is 46.4 Å². The van der Waals surface area contributed by atoms with E-state index in [9.17, 15) is 4.79 Å². The molecule has 1 N–H and O–H groups in total. The van der Waals surface area contributed by atoms with Crippen molar-refractivity contribution in [3.05, 3.63) is 0 Å². The number of carbonyl (C=O) groups is 1. The van der Waals surface area contributed by atoms with Gasteiger partial charge in [-0.25, -0.2) is 4.79 Å². The van der Waals surface area contributed by atoms with E-state index in [0.717, 1.165) is 0 Å². The van der Waals surface area contributed by atoms with Crippen molar-refractivity contribution < 1.29 is 19.2 Å². The first kappa shape index (κ1) is 7.19. The van der Waals surface area contributed by atoms with Crippen LogP contribution in [0.3, 0.4) is 0 Å². The highest BCUT2D eigenvalue weighted by molar-refractivity contribution is 5.58. The molecule has 0 aromatic carbocycles. The van der Waals surface area contributed by atoms with E-state index in [1.54, 1.807) is 0 Å². The van der Waals surface area contributed by atoms with Gasteiger partial charge >= 0.3 is 6.16 Å². The number of ether oxygens (including phenoxy) is 1. The SMILES string of the molecule is CONOC(=O)OC. The lowest BCUT2D eigenvalue weighted by molar-refractivity contribution is -0.124. The van der Waals surface area contributed by atoms with Gasteiger partial charge in [0.05, 0.1) is 14.2 Å². The first-order valence-corrected chi connectivity index (χ1v) is 1.84. The summed E-state index contributed by atoms with van der Waals surface area (Å²) in [5.41, 5.74) is 1.82. The Morgan fingerprint density at radius 3 is 2.50 bits per heavy atom. The number of nitrogens with one attached hydrogen (secondary N) is 1. The van der Waals surface area contributed by atoms with Crippen LogP contribution in [0.15, 0.2) is 0 Å². The molecule has 0 rings (SSSR count). The van der Waals surface area contributed by atoms with Crippen molar-refractivity contribution in [1.29, 1.82) is 0 Å². The van der Waals surface area contributed by atoms with Crippen molar-refractivity contribution in [3.8, 4) is 0 Å². The smallest absolute Gasteiger partial charge is 0.436 e. The van der Waals surface area contributed by atoms with E-state index in [4.69, 9.17) is 0 Å². The minimum atomic E-state index is -0.841. The molecule has 0 aliphatic rings. The lowest BCUT2D eigenvalue weighted by Crippen LogP contribution is -2.18. The molecule has 0 atom stereocenters. The van der Waals surface area contributed by atoms with Crippen LogP contribution in [0, 0.1) is 0 Å². The van der Waals surface area contributed by atoms with Gasteiger partial charge in [-0.15, -0.1) is 0 Å². The van der Waals surface area contributed by atoms with E-state index >= 15 is 0 Å². The number of hydrogen-bond donors (Lipinski definition) is 1. The summed E-state index contributed by atoms with van der Waals surface area (Å²) < 4.78 is 4.05. The maximum absolute atomic E-state index is 9.98. The standard InChI is InChI=1S/C3H7NO4/c1-6-3(5)8-4-7-2/h4H,1-2H3. The molecule has 5 nitrogen and oxygen atoms in total. The van der Waals surface area contributed by atoms with Gasteiger partial charge in [0.25, 0.3) is 0 Å². The Hall–Kier alpha value is -0.810. The Morgan fingerprint density at radius 1 is 1.50 bits per heavy atom. The Kier molecular flexibility index (Phi) is 3.91. The number of carbonyl (C=O) groups excluding carboxylic acids is 1. The molecule has 0 aromatic heterocycles. The van der Waals surface area contributed by atoms with Gasteiger partial charge in [-0.1, -0.05) is 0 Å². The Bertz CT molecular complexity index is 73.7. The molecule has 0 saturated carbocycles. The third-order valence-corrected chi connectivity index (χ3v) is 0.375. The molecule has 0 aliphatic carbocycles. The quantitative estimate of drug-likeness (QED) is 0.406. The zero-order valence-electron chi connectivity index (χ0n) is 4.63. The van der Waals surface area contributed by atoms with Gasteiger partial charge < -0.3 is 9.57 Å². The molecular formula is C3H7NO4. The molecule has 0 saturated heterocycles. The molecule has 0 aromatic rings. The van der Waals surface area contributed by atoms with Crippen LogP contribution in [-0.2, 0) is 14.4 Å². The van der Waals surface area contributed by atoms with Crippen LogP contribution < -0.4 is 5.64 Å². The fourth-order valence-corrected chi connectivity index (χ4v) is 0.117. The van der Waals surface area contributed by atoms with E-state index < -0.39 is 6.16 Å². The topological polar surface area (TPSA) is 56.8 Å². The molecule has 0 spiro atoms. The predicted octanol–water partition coefficient (Wildman–Crippen LogP) is -0.165. The third kappa shape index (κ3) is 3.38. The van der Waals surface area contributed by atoms with Crippen LogP contribution in [0.2, 0.25) is 0 Å². The second-order valence-corrected chi connectivity index (χ2v) is 0.844. The van der Waals surface area contributed by atoms with Crippen LogP contribution in [0.1, 0.15) is 0 Å². The van der Waals surface area contributed by atoms with Crippen LogP contribution in [0.4, 0.5) is 4.79 Å². The molecular weight excluding hydrogens is 114 g/mol. The first-order valence-electron chi connectivity index (χ1n) is 1.84. The predicted molar refractivity (Wildman–Crippen MR) is 23.6 cm³/mol. The highest BCUT2D eigenvalue weighted by Crippen LogP contribution is 1.74. The molecule has 0 unspecified atom stereocenters. The first-order chi connectivity index (χ1) is 3.81. The van der Waals surface area contributed by atoms with Gasteiger partial charge in [-0.3, -0.25) is 4.84 Å². The van der Waals surface area contributed by atoms with Crippen LogP contribution in [0.5, 0.6) is 0 Å². The van der Waals surface area contributed by atoms with Crippen molar-refractivity contribution in [2.75, 3.05) is 14.2 Å². The van der Waals surface area contributed by atoms with Gasteiger partial charge in [-0.05, 0) is 5.64 Å². The number of rotatable bonds is 2. The van der Waals surface area contributed by atoms with Gasteiger partial charge in [0, 0.05) is 0 Å². The van der Waals surface area contributed by atoms with E-state index in [1.807, 2.05) is 5.64 Å². The molecule has 0 bridgehead atoms. The average molecular weight is 121 g/mol. The van der Waals surface area contributed by atoms with Crippen LogP contribution >= 0.6 is 0 Å². The summed E-state index contributed by atoms with van der Waals surface area (Å²) in [6.07, 6.45) is -0.841. The monoisotopic (exact) mass is 121 g/mol. The van der Waals surface area contributed by atoms with E-state index in [1.165, 1.54) is 14.2 Å². The normalized spacial score (nSPS) is 8.25. The minimum absolute atomic E-state index is 0.841. The maximum Gasteiger partial charge on any atom is 0.529 e. The number of hydrogen-bond acceptors (Lipinski definition) is 5. The molecule has 0 heterocycles. The summed E-state index contributed by atoms with van der Waals surface area (Å²) in [6, 6.07) is 0. The summed E-state index contributed by atoms with van der Waals surface area (Å²) >= 11 is 0. The molecule has 0 radical (unpaired) electrons. The summed E-state index contributed by atoms with van der Waals surface area (Å²) in [5, 5.41) is 0. The fourth-order valence-electron chi connectivity index (χ4n) is 0.117. The summed E-state index contributed by atoms with van der Waals surface area (Å²) in [4.78, 5) is 18.1. The van der Waals surface area contributed by atoms with E-state index in [-0.39, 0.29) is 0 Å². The average Bonchev–Trinajstić information content (AvgIpc) is 1.83. The summed E-state index contributed by atoms with van der Waals surface area (Å²) in [7, 11) is 2.50. The highest BCUT2D eigenvalue weighted by Gasteiger charge is 1.95. The van der Waals surface area contributed by atoms with E-state index in [0.29, 0.717) is 0 Å². The largest absolute Gasteiger partial charge is 0.529 e. The zero-order valence-corrected chi connectivity index (χ0v) is 4.63. The zero-order chi connectivity index (χ0) is 6.41. The summed E-state index contributed by atoms with van der Waals surface area (Å²) in [5.74, 6) is 0. The molecule has 5 heteroatoms. The maximum atomic E-state index is 9.98. The lowest BCUT2D eigenvalue weighted by atomic mass is 11.3. The summed E-state index contributed by atoms with van der Waals surface area (Å²) in [6.45, 7) is 0. The van der Waals surface area contributed by atoms with Crippen LogP contribution in [-0.4, -0.2) is 20.4 Å². The molecule has 0 fully saturated rings. The van der Waals surface area contributed by atoms with Crippen molar-refractivity contribution in [3.63, 3.8) is 0 Å². The second kappa shape index (κ2) is 4.35. The van der Waals surface area contributed by atoms with Gasteiger partial charge in [0.15, 0.2) is 0 Å². The van der Waals surface area contributed by atoms with Crippen LogP contribution in [0.25, 0.3) is 0 Å². The molecule has 8 heavy (non-hydrogen) atoms. The van der Waals surface area contributed by atoms with Crippen molar-refractivity contribution in [1.82, 2.24) is 5.64 Å². The second-order valence-electron chi connectivity index (χ2n) is 0.844. The molecule has 0 amide bonds. The Morgan fingerprint density at radius 2 is 2.12 bits per heavy atom. The Balaban J connectivity index is 2.99. The van der Waals surface area contributed by atoms with Gasteiger partial charge in [0.1, 0.15) is 0 Å². The van der Waals surface area contributed by atoms with E-state index in [2.05, 4.69) is 14.4 Å². The van der Waals surface area contributed by atoms with Crippen molar-refractivity contribution >= 4 is 6.16 Å². The van der Waals surface area contributed by atoms with Crippen molar-refractivity contribution in [2.24, 2.45) is 0 Å².